The molecule has 2 aliphatic heterocycles. The van der Waals surface area contributed by atoms with Crippen LogP contribution in [0.25, 0.3) is 0 Å². The molecular formula is C15H20N4O. The van der Waals surface area contributed by atoms with Crippen LogP contribution in [0.5, 0.6) is 5.75 Å². The fourth-order valence-corrected chi connectivity index (χ4v) is 3.64. The molecule has 0 aromatic heterocycles. The first-order valence-corrected chi connectivity index (χ1v) is 7.37. The Balaban J connectivity index is 1.66. The molecule has 106 valence electrons. The second kappa shape index (κ2) is 4.66. The number of methoxy groups -OCH3 is 1. The quantitative estimate of drug-likeness (QED) is 0.853. The molecule has 5 heteroatoms. The van der Waals surface area contributed by atoms with Crippen LogP contribution in [0.3, 0.4) is 0 Å². The van der Waals surface area contributed by atoms with Crippen molar-refractivity contribution < 1.29 is 4.74 Å². The summed E-state index contributed by atoms with van der Waals surface area (Å²) >= 11 is 0. The lowest BCUT2D eigenvalue weighted by atomic mass is 9.86. The average molecular weight is 272 g/mol. The van der Waals surface area contributed by atoms with Gasteiger partial charge in [0.1, 0.15) is 5.75 Å². The molecule has 0 saturated heterocycles. The minimum Gasteiger partial charge on any atom is -0.496 e. The first-order chi connectivity index (χ1) is 9.86. The van der Waals surface area contributed by atoms with Gasteiger partial charge in [-0.1, -0.05) is 6.07 Å². The molecular weight excluding hydrogens is 252 g/mol. The predicted octanol–water partition coefficient (Wildman–Crippen LogP) is 1.35. The molecule has 5 nitrogen and oxygen atoms in total. The van der Waals surface area contributed by atoms with E-state index in [0.29, 0.717) is 6.04 Å². The van der Waals surface area contributed by atoms with Crippen molar-refractivity contribution in [3.05, 3.63) is 28.8 Å². The third-order valence-electron chi connectivity index (χ3n) is 4.50. The summed E-state index contributed by atoms with van der Waals surface area (Å²) in [7, 11) is 1.77. The van der Waals surface area contributed by atoms with E-state index in [9.17, 15) is 0 Å². The number of aliphatic imine (C=N–C) groups is 1. The van der Waals surface area contributed by atoms with E-state index in [1.807, 2.05) is 0 Å². The van der Waals surface area contributed by atoms with Gasteiger partial charge in [-0.25, -0.2) is 5.01 Å². The Morgan fingerprint density at radius 1 is 1.45 bits per heavy atom. The van der Waals surface area contributed by atoms with E-state index in [4.69, 9.17) is 4.74 Å². The third-order valence-corrected chi connectivity index (χ3v) is 4.50. The molecule has 1 unspecified atom stereocenters. The predicted molar refractivity (Wildman–Crippen MR) is 77.7 cm³/mol. The molecule has 0 saturated carbocycles. The maximum absolute atomic E-state index is 5.54. The minimum absolute atomic E-state index is 0.453. The van der Waals surface area contributed by atoms with Gasteiger partial charge in [0.15, 0.2) is 0 Å². The van der Waals surface area contributed by atoms with Crippen molar-refractivity contribution in [2.24, 2.45) is 4.99 Å². The zero-order valence-corrected chi connectivity index (χ0v) is 11.8. The van der Waals surface area contributed by atoms with Crippen LogP contribution in [-0.2, 0) is 13.0 Å². The van der Waals surface area contributed by atoms with Crippen LogP contribution in [0.4, 0.5) is 0 Å². The second-order valence-corrected chi connectivity index (χ2v) is 5.62. The summed E-state index contributed by atoms with van der Waals surface area (Å²) in [6.45, 7) is 2.75. The largest absolute Gasteiger partial charge is 0.496 e. The van der Waals surface area contributed by atoms with E-state index in [2.05, 4.69) is 32.9 Å². The molecule has 0 amide bonds. The van der Waals surface area contributed by atoms with Gasteiger partial charge < -0.3 is 10.1 Å². The Kier molecular flexibility index (Phi) is 2.80. The normalized spacial score (nSPS) is 24.1. The van der Waals surface area contributed by atoms with Crippen LogP contribution in [-0.4, -0.2) is 31.2 Å². The number of hydrazine groups is 1. The first kappa shape index (κ1) is 12.0. The topological polar surface area (TPSA) is 48.9 Å². The van der Waals surface area contributed by atoms with Crippen molar-refractivity contribution in [3.63, 3.8) is 0 Å². The Morgan fingerprint density at radius 3 is 3.20 bits per heavy atom. The molecule has 2 heterocycles. The molecule has 0 fully saturated rings. The summed E-state index contributed by atoms with van der Waals surface area (Å²) in [5, 5.41) is 5.61. The molecule has 0 bridgehead atoms. The lowest BCUT2D eigenvalue weighted by molar-refractivity contribution is 0.160. The van der Waals surface area contributed by atoms with Gasteiger partial charge in [-0.15, -0.1) is 0 Å². The van der Waals surface area contributed by atoms with Gasteiger partial charge in [-0.3, -0.25) is 10.4 Å². The second-order valence-electron chi connectivity index (χ2n) is 5.62. The maximum Gasteiger partial charge on any atom is 0.206 e. The monoisotopic (exact) mass is 272 g/mol. The van der Waals surface area contributed by atoms with E-state index in [0.717, 1.165) is 37.8 Å². The lowest BCUT2D eigenvalue weighted by Crippen LogP contribution is -2.45. The van der Waals surface area contributed by atoms with Gasteiger partial charge in [0.2, 0.25) is 5.96 Å². The molecule has 0 spiro atoms. The van der Waals surface area contributed by atoms with Crippen molar-refractivity contribution in [3.8, 4) is 5.75 Å². The van der Waals surface area contributed by atoms with E-state index in [1.54, 1.807) is 7.11 Å². The van der Waals surface area contributed by atoms with Crippen molar-refractivity contribution >= 4 is 5.96 Å². The van der Waals surface area contributed by atoms with E-state index in [-0.39, 0.29) is 0 Å². The summed E-state index contributed by atoms with van der Waals surface area (Å²) in [6, 6.07) is 4.78. The zero-order valence-electron chi connectivity index (χ0n) is 11.8. The molecule has 3 aliphatic rings. The highest BCUT2D eigenvalue weighted by Crippen LogP contribution is 2.44. The number of benzene rings is 1. The summed E-state index contributed by atoms with van der Waals surface area (Å²) in [6.07, 6.45) is 3.55. The van der Waals surface area contributed by atoms with Crippen molar-refractivity contribution in [2.45, 2.75) is 31.8 Å². The summed E-state index contributed by atoms with van der Waals surface area (Å²) in [5.74, 6) is 1.96. The smallest absolute Gasteiger partial charge is 0.206 e. The van der Waals surface area contributed by atoms with Crippen LogP contribution in [0.2, 0.25) is 0 Å². The Labute approximate surface area is 119 Å². The van der Waals surface area contributed by atoms with Gasteiger partial charge in [-0.2, -0.15) is 0 Å². The van der Waals surface area contributed by atoms with Crippen LogP contribution in [0, 0.1) is 0 Å². The molecule has 4 rings (SSSR count). The van der Waals surface area contributed by atoms with Crippen LogP contribution >= 0.6 is 0 Å². The van der Waals surface area contributed by atoms with E-state index < -0.39 is 0 Å². The fourth-order valence-electron chi connectivity index (χ4n) is 3.64. The summed E-state index contributed by atoms with van der Waals surface area (Å²) in [5.41, 5.74) is 7.78. The van der Waals surface area contributed by atoms with Crippen molar-refractivity contribution in [1.82, 2.24) is 15.8 Å². The minimum atomic E-state index is 0.453. The number of rotatable bonds is 2. The number of nitrogens with one attached hydrogen (secondary N) is 2. The van der Waals surface area contributed by atoms with Crippen LogP contribution in [0.15, 0.2) is 17.1 Å². The van der Waals surface area contributed by atoms with Crippen molar-refractivity contribution in [2.75, 3.05) is 20.2 Å². The number of nitrogens with zero attached hydrogens (tertiary/aromatic N) is 2. The number of guanidine groups is 1. The third kappa shape index (κ3) is 1.77. The summed E-state index contributed by atoms with van der Waals surface area (Å²) < 4.78 is 5.54. The first-order valence-electron chi connectivity index (χ1n) is 7.37. The Morgan fingerprint density at radius 2 is 2.40 bits per heavy atom. The average Bonchev–Trinajstić information content (AvgIpc) is 3.10. The van der Waals surface area contributed by atoms with E-state index in [1.165, 1.54) is 29.5 Å². The van der Waals surface area contributed by atoms with Gasteiger partial charge >= 0.3 is 0 Å². The Bertz CT molecular complexity index is 569. The van der Waals surface area contributed by atoms with Gasteiger partial charge in [0, 0.05) is 13.1 Å². The molecule has 1 aromatic carbocycles. The Hall–Kier alpha value is -1.75. The highest BCUT2D eigenvalue weighted by atomic mass is 16.5. The zero-order chi connectivity index (χ0) is 13.5. The summed E-state index contributed by atoms with van der Waals surface area (Å²) in [4.78, 5) is 4.43. The molecule has 1 atom stereocenters. The molecule has 20 heavy (non-hydrogen) atoms. The van der Waals surface area contributed by atoms with Gasteiger partial charge in [0.05, 0.1) is 19.7 Å². The van der Waals surface area contributed by atoms with Crippen LogP contribution in [0.1, 0.15) is 35.6 Å². The van der Waals surface area contributed by atoms with Crippen molar-refractivity contribution in [1.29, 1.82) is 0 Å². The number of hydrogen-bond acceptors (Lipinski definition) is 5. The molecule has 2 N–H and O–H groups in total. The van der Waals surface area contributed by atoms with Gasteiger partial charge in [0.25, 0.3) is 0 Å². The molecule has 1 aliphatic carbocycles. The van der Waals surface area contributed by atoms with Crippen LogP contribution < -0.4 is 15.5 Å². The molecule has 0 radical (unpaired) electrons. The highest BCUT2D eigenvalue weighted by Gasteiger charge is 2.36. The van der Waals surface area contributed by atoms with E-state index >= 15 is 0 Å². The molecule has 1 aromatic rings. The van der Waals surface area contributed by atoms with Gasteiger partial charge in [-0.05, 0) is 42.0 Å². The maximum atomic E-state index is 5.54. The number of ether oxygens (including phenoxy) is 1. The fraction of sp³-hybridized carbons (Fsp3) is 0.533. The number of hydrogen-bond donors (Lipinski definition) is 2. The standard InChI is InChI=1S/C15H20N4O/c1-20-13-6-5-10-9-19(18-15-16-7-8-17-15)12-4-2-3-11(13)14(10)12/h5-6,12H,2-4,7-9H2,1H3,(H2,16,17,18). The SMILES string of the molecule is COc1ccc2c3c1CCCC3N(NC1=NCCN1)C2. The highest BCUT2D eigenvalue weighted by molar-refractivity contribution is 5.80. The lowest BCUT2D eigenvalue weighted by Gasteiger charge is -2.30.